The molecule has 0 bridgehead atoms. The van der Waals surface area contributed by atoms with E-state index in [4.69, 9.17) is 9.47 Å². The highest BCUT2D eigenvalue weighted by molar-refractivity contribution is 6.07. The number of halogens is 6. The molecule has 1 fully saturated rings. The van der Waals surface area contributed by atoms with E-state index in [0.717, 1.165) is 12.8 Å². The van der Waals surface area contributed by atoms with Crippen molar-refractivity contribution in [2.75, 3.05) is 32.8 Å². The van der Waals surface area contributed by atoms with Gasteiger partial charge in [-0.05, 0) is 91.6 Å². The minimum atomic E-state index is -2.97. The molecule has 0 aliphatic carbocycles. The number of likely N-dealkylation sites (tertiary alicyclic amines) is 1. The molecule has 2 amide bonds. The van der Waals surface area contributed by atoms with Gasteiger partial charge >= 0.3 is 13.2 Å². The molecule has 0 unspecified atom stereocenters. The van der Waals surface area contributed by atoms with E-state index in [2.05, 4.69) is 14.8 Å². The molecule has 1 N–H and O–H groups in total. The quantitative estimate of drug-likeness (QED) is 0.175. The number of hydrogen-bond acceptors (Lipinski definition) is 6. The number of nitrogens with zero attached hydrogens (tertiary/aromatic N) is 1. The van der Waals surface area contributed by atoms with Crippen molar-refractivity contribution in [2.45, 2.75) is 33.0 Å². The molecular formula is C40H34F6N2O6. The molecule has 0 spiro atoms. The van der Waals surface area contributed by atoms with Crippen LogP contribution in [0.15, 0.2) is 96.1 Å². The number of carbonyl (C=O) groups is 2. The van der Waals surface area contributed by atoms with Crippen LogP contribution in [0.4, 0.5) is 26.3 Å². The highest BCUT2D eigenvalue weighted by Gasteiger charge is 2.31. The summed E-state index contributed by atoms with van der Waals surface area (Å²) in [6.45, 7) is -2.33. The average molecular weight is 753 g/mol. The molecule has 0 saturated carbocycles. The Kier molecular flexibility index (Phi) is 11.8. The first kappa shape index (κ1) is 37.8. The molecule has 4 aromatic carbocycles. The SMILES string of the molecule is CCNC(=O)C1=C(c2ccc(F)cc2)c2cc(OC(F)F)ccc2OC1.O=C(C1=C(c2ccc(F)cc2)c2cc(OC(F)F)ccc2OC1)N1CCCC1. The van der Waals surface area contributed by atoms with E-state index in [-0.39, 0.29) is 36.5 Å². The zero-order valence-electron chi connectivity index (χ0n) is 28.9. The van der Waals surface area contributed by atoms with Gasteiger partial charge in [-0.15, -0.1) is 0 Å². The van der Waals surface area contributed by atoms with E-state index in [1.807, 2.05) is 0 Å². The van der Waals surface area contributed by atoms with Crippen molar-refractivity contribution < 1.29 is 54.9 Å². The summed E-state index contributed by atoms with van der Waals surface area (Å²) >= 11 is 0. The first-order chi connectivity index (χ1) is 26.0. The van der Waals surface area contributed by atoms with Crippen LogP contribution in [-0.2, 0) is 9.59 Å². The van der Waals surface area contributed by atoms with Gasteiger partial charge in [-0.25, -0.2) is 8.78 Å². The Bertz CT molecular complexity index is 2060. The van der Waals surface area contributed by atoms with Crippen LogP contribution in [0.3, 0.4) is 0 Å². The van der Waals surface area contributed by atoms with Gasteiger partial charge in [0.25, 0.3) is 11.8 Å². The average Bonchev–Trinajstić information content (AvgIpc) is 3.70. The fraction of sp³-hybridized carbons (Fsp3) is 0.250. The third-order valence-electron chi connectivity index (χ3n) is 8.77. The van der Waals surface area contributed by atoms with Gasteiger partial charge < -0.3 is 29.2 Å². The summed E-state index contributed by atoms with van der Waals surface area (Å²) < 4.78 is 97.5. The van der Waals surface area contributed by atoms with Crippen molar-refractivity contribution in [3.63, 3.8) is 0 Å². The molecule has 3 heterocycles. The Labute approximate surface area is 306 Å². The number of amides is 2. The molecule has 8 nitrogen and oxygen atoms in total. The van der Waals surface area contributed by atoms with Crippen molar-refractivity contribution >= 4 is 23.0 Å². The molecule has 4 aromatic rings. The van der Waals surface area contributed by atoms with E-state index in [1.54, 1.807) is 24.0 Å². The number of rotatable bonds is 9. The molecule has 54 heavy (non-hydrogen) atoms. The third kappa shape index (κ3) is 8.64. The first-order valence-corrected chi connectivity index (χ1v) is 17.0. The first-order valence-electron chi connectivity index (χ1n) is 17.0. The van der Waals surface area contributed by atoms with Gasteiger partial charge in [-0.1, -0.05) is 24.3 Å². The molecule has 3 aliphatic rings. The van der Waals surface area contributed by atoms with Crippen molar-refractivity contribution in [3.8, 4) is 23.0 Å². The maximum atomic E-state index is 13.4. The van der Waals surface area contributed by atoms with Crippen LogP contribution in [0.25, 0.3) is 11.1 Å². The van der Waals surface area contributed by atoms with Crippen LogP contribution in [0.2, 0.25) is 0 Å². The number of alkyl halides is 4. The van der Waals surface area contributed by atoms with Crippen LogP contribution in [0.1, 0.15) is 42.0 Å². The number of ether oxygens (including phenoxy) is 4. The van der Waals surface area contributed by atoms with E-state index in [9.17, 15) is 35.9 Å². The Hall–Kier alpha value is -5.92. The van der Waals surface area contributed by atoms with E-state index in [0.29, 0.717) is 75.7 Å². The Balaban J connectivity index is 0.000000185. The topological polar surface area (TPSA) is 86.3 Å². The van der Waals surface area contributed by atoms with Crippen LogP contribution >= 0.6 is 0 Å². The summed E-state index contributed by atoms with van der Waals surface area (Å²) in [5.74, 6) is -0.515. The number of hydrogen-bond donors (Lipinski definition) is 1. The second-order valence-corrected chi connectivity index (χ2v) is 12.2. The number of likely N-dealkylation sites (N-methyl/N-ethyl adjacent to an activating group) is 1. The number of carbonyl (C=O) groups excluding carboxylic acids is 2. The van der Waals surface area contributed by atoms with E-state index < -0.39 is 24.9 Å². The predicted molar refractivity (Wildman–Crippen MR) is 186 cm³/mol. The summed E-state index contributed by atoms with van der Waals surface area (Å²) in [4.78, 5) is 27.3. The highest BCUT2D eigenvalue weighted by Crippen LogP contribution is 2.42. The van der Waals surface area contributed by atoms with Gasteiger partial charge in [-0.3, -0.25) is 9.59 Å². The Morgan fingerprint density at radius 2 is 1.13 bits per heavy atom. The zero-order chi connectivity index (χ0) is 38.4. The predicted octanol–water partition coefficient (Wildman–Crippen LogP) is 8.00. The van der Waals surface area contributed by atoms with Gasteiger partial charge in [0.1, 0.15) is 47.8 Å². The highest BCUT2D eigenvalue weighted by atomic mass is 19.3. The molecule has 0 aromatic heterocycles. The maximum Gasteiger partial charge on any atom is 0.387 e. The molecule has 0 atom stereocenters. The third-order valence-corrected chi connectivity index (χ3v) is 8.77. The fourth-order valence-corrected chi connectivity index (χ4v) is 6.40. The smallest absolute Gasteiger partial charge is 0.387 e. The largest absolute Gasteiger partial charge is 0.488 e. The van der Waals surface area contributed by atoms with Crippen LogP contribution in [-0.4, -0.2) is 62.8 Å². The van der Waals surface area contributed by atoms with Gasteiger partial charge in [0.05, 0.1) is 11.1 Å². The summed E-state index contributed by atoms with van der Waals surface area (Å²) in [7, 11) is 0. The number of nitrogens with one attached hydrogen (secondary N) is 1. The van der Waals surface area contributed by atoms with Crippen LogP contribution in [0, 0.1) is 11.6 Å². The van der Waals surface area contributed by atoms with E-state index in [1.165, 1.54) is 72.8 Å². The van der Waals surface area contributed by atoms with Crippen LogP contribution < -0.4 is 24.3 Å². The fourth-order valence-electron chi connectivity index (χ4n) is 6.40. The second-order valence-electron chi connectivity index (χ2n) is 12.2. The second kappa shape index (κ2) is 16.8. The molecule has 0 radical (unpaired) electrons. The maximum absolute atomic E-state index is 13.4. The molecule has 14 heteroatoms. The molecule has 7 rings (SSSR count). The Morgan fingerprint density at radius 1 is 0.685 bits per heavy atom. The minimum Gasteiger partial charge on any atom is -0.488 e. The number of fused-ring (bicyclic) bond motifs is 2. The van der Waals surface area contributed by atoms with Crippen LogP contribution in [0.5, 0.6) is 23.0 Å². The monoisotopic (exact) mass is 752 g/mol. The summed E-state index contributed by atoms with van der Waals surface area (Å²) in [6.07, 6.45) is 1.88. The lowest BCUT2D eigenvalue weighted by Gasteiger charge is -2.27. The molecule has 282 valence electrons. The summed E-state index contributed by atoms with van der Waals surface area (Å²) in [6, 6.07) is 19.9. The lowest BCUT2D eigenvalue weighted by Crippen LogP contribution is -2.33. The molecule has 3 aliphatic heterocycles. The Morgan fingerprint density at radius 3 is 1.57 bits per heavy atom. The van der Waals surface area contributed by atoms with E-state index >= 15 is 0 Å². The lowest BCUT2D eigenvalue weighted by molar-refractivity contribution is -0.126. The van der Waals surface area contributed by atoms with Crippen molar-refractivity contribution in [3.05, 3.63) is 130 Å². The summed E-state index contributed by atoms with van der Waals surface area (Å²) in [5, 5.41) is 2.70. The van der Waals surface area contributed by atoms with Gasteiger partial charge in [0.15, 0.2) is 0 Å². The van der Waals surface area contributed by atoms with Gasteiger partial charge in [0, 0.05) is 41.9 Å². The summed E-state index contributed by atoms with van der Waals surface area (Å²) in [5.41, 5.74) is 3.90. The normalized spacial score (nSPS) is 14.8. The van der Waals surface area contributed by atoms with Crippen molar-refractivity contribution in [1.29, 1.82) is 0 Å². The zero-order valence-corrected chi connectivity index (χ0v) is 28.9. The minimum absolute atomic E-state index is 0.0145. The van der Waals surface area contributed by atoms with Gasteiger partial charge in [-0.2, -0.15) is 17.6 Å². The molecular weight excluding hydrogens is 718 g/mol. The van der Waals surface area contributed by atoms with Gasteiger partial charge in [0.2, 0.25) is 0 Å². The molecule has 1 saturated heterocycles. The standard InChI is InChI=1S/C21H18F3NO3.C19H16F3NO3/c22-14-5-3-13(4-6-14)19-16-11-15(28-21(23)24)7-8-18(16)27-12-17(19)20(26)25-9-1-2-10-25;1-2-23-18(24)15-10-25-16-8-7-13(26-19(21)22)9-14(16)17(15)11-3-5-12(20)6-4-11/h3-8,11,21H,1-2,9-10,12H2;3-9,19H,2,10H2,1H3,(H,23,24). The van der Waals surface area contributed by atoms with Crippen molar-refractivity contribution in [1.82, 2.24) is 10.2 Å². The lowest BCUT2D eigenvalue weighted by atomic mass is 9.90. The van der Waals surface area contributed by atoms with Crippen molar-refractivity contribution in [2.24, 2.45) is 0 Å². The number of benzene rings is 4.